The highest BCUT2D eigenvalue weighted by molar-refractivity contribution is 6.69. The van der Waals surface area contributed by atoms with E-state index in [1.165, 1.54) is 5.57 Å². The van der Waals surface area contributed by atoms with Gasteiger partial charge in [0.2, 0.25) is 0 Å². The molecule has 1 rings (SSSR count). The van der Waals surface area contributed by atoms with Gasteiger partial charge in [-0.1, -0.05) is 31.1 Å². The minimum absolute atomic E-state index is 1.01. The SMILES string of the molecule is CCCC1=C([Si](OC)(OC)OC)C=CC1. The van der Waals surface area contributed by atoms with Crippen LogP contribution in [0.2, 0.25) is 0 Å². The Morgan fingerprint density at radius 3 is 2.27 bits per heavy atom. The Bertz CT molecular complexity index is 259. The maximum atomic E-state index is 5.48. The van der Waals surface area contributed by atoms with Crippen LogP contribution in [0, 0.1) is 0 Å². The van der Waals surface area contributed by atoms with Crippen LogP contribution < -0.4 is 0 Å². The van der Waals surface area contributed by atoms with Gasteiger partial charge in [0.05, 0.1) is 0 Å². The third-order valence-electron chi connectivity index (χ3n) is 2.72. The molecule has 86 valence electrons. The lowest BCUT2D eigenvalue weighted by molar-refractivity contribution is 0.135. The first-order chi connectivity index (χ1) is 7.24. The van der Waals surface area contributed by atoms with Gasteiger partial charge in [-0.25, -0.2) is 0 Å². The second-order valence-electron chi connectivity index (χ2n) is 3.54. The topological polar surface area (TPSA) is 27.7 Å². The molecule has 0 N–H and O–H groups in total. The highest BCUT2D eigenvalue weighted by Crippen LogP contribution is 2.31. The third-order valence-corrected chi connectivity index (χ3v) is 5.51. The summed E-state index contributed by atoms with van der Waals surface area (Å²) in [5.74, 6) is 0. The molecule has 0 aromatic rings. The van der Waals surface area contributed by atoms with Crippen LogP contribution in [0.4, 0.5) is 0 Å². The van der Waals surface area contributed by atoms with Crippen LogP contribution in [-0.4, -0.2) is 30.1 Å². The van der Waals surface area contributed by atoms with E-state index in [-0.39, 0.29) is 0 Å². The van der Waals surface area contributed by atoms with E-state index in [0.29, 0.717) is 0 Å². The van der Waals surface area contributed by atoms with Crippen LogP contribution in [0.25, 0.3) is 0 Å². The lowest BCUT2D eigenvalue weighted by Gasteiger charge is -2.26. The van der Waals surface area contributed by atoms with E-state index in [9.17, 15) is 0 Å². The fraction of sp³-hybridized carbons (Fsp3) is 0.636. The van der Waals surface area contributed by atoms with Crippen LogP contribution in [0.15, 0.2) is 22.9 Å². The van der Waals surface area contributed by atoms with Crippen molar-refractivity contribution in [2.24, 2.45) is 0 Å². The molecule has 1 aliphatic carbocycles. The van der Waals surface area contributed by atoms with Crippen molar-refractivity contribution >= 4 is 8.80 Å². The minimum Gasteiger partial charge on any atom is -0.373 e. The zero-order chi connectivity index (χ0) is 11.3. The predicted molar refractivity (Wildman–Crippen MR) is 62.5 cm³/mol. The average molecular weight is 228 g/mol. The number of hydrogen-bond acceptors (Lipinski definition) is 3. The molecular formula is C11H20O3Si. The van der Waals surface area contributed by atoms with Gasteiger partial charge in [0, 0.05) is 26.5 Å². The highest BCUT2D eigenvalue weighted by atomic mass is 28.4. The van der Waals surface area contributed by atoms with E-state index in [0.717, 1.165) is 24.5 Å². The first-order valence-corrected chi connectivity index (χ1v) is 7.01. The summed E-state index contributed by atoms with van der Waals surface area (Å²) >= 11 is 0. The maximum absolute atomic E-state index is 5.48. The average Bonchev–Trinajstić information content (AvgIpc) is 2.71. The van der Waals surface area contributed by atoms with Crippen LogP contribution in [0.3, 0.4) is 0 Å². The molecule has 0 saturated carbocycles. The monoisotopic (exact) mass is 228 g/mol. The molecule has 1 aliphatic rings. The van der Waals surface area contributed by atoms with Gasteiger partial charge in [0.25, 0.3) is 0 Å². The Kier molecular flexibility index (Phi) is 4.72. The molecule has 0 spiro atoms. The Labute approximate surface area is 93.1 Å². The molecule has 4 heteroatoms. The molecule has 0 aliphatic heterocycles. The maximum Gasteiger partial charge on any atom is 0.536 e. The fourth-order valence-corrected chi connectivity index (χ4v) is 4.13. The second-order valence-corrected chi connectivity index (χ2v) is 6.42. The molecule has 0 bridgehead atoms. The molecule has 0 heterocycles. The van der Waals surface area contributed by atoms with Crippen LogP contribution in [0.1, 0.15) is 26.2 Å². The highest BCUT2D eigenvalue weighted by Gasteiger charge is 2.44. The fourth-order valence-electron chi connectivity index (χ4n) is 1.98. The molecule has 3 nitrogen and oxygen atoms in total. The summed E-state index contributed by atoms with van der Waals surface area (Å²) < 4.78 is 16.4. The van der Waals surface area contributed by atoms with E-state index in [2.05, 4.69) is 19.1 Å². The summed E-state index contributed by atoms with van der Waals surface area (Å²) in [4.78, 5) is 0. The lowest BCUT2D eigenvalue weighted by atomic mass is 10.1. The van der Waals surface area contributed by atoms with Crippen molar-refractivity contribution in [1.29, 1.82) is 0 Å². The summed E-state index contributed by atoms with van der Waals surface area (Å²) in [6, 6.07) is 0. The summed E-state index contributed by atoms with van der Waals surface area (Å²) in [6.07, 6.45) is 7.48. The molecule has 0 fully saturated rings. The molecule has 0 aromatic heterocycles. The van der Waals surface area contributed by atoms with Gasteiger partial charge in [0.1, 0.15) is 0 Å². The third kappa shape index (κ3) is 2.39. The molecule has 15 heavy (non-hydrogen) atoms. The van der Waals surface area contributed by atoms with Gasteiger partial charge < -0.3 is 13.3 Å². The zero-order valence-corrected chi connectivity index (χ0v) is 11.0. The molecule has 0 amide bonds. The smallest absolute Gasteiger partial charge is 0.373 e. The van der Waals surface area contributed by atoms with Crippen molar-refractivity contribution in [1.82, 2.24) is 0 Å². The van der Waals surface area contributed by atoms with Crippen LogP contribution in [0.5, 0.6) is 0 Å². The van der Waals surface area contributed by atoms with E-state index < -0.39 is 8.80 Å². The van der Waals surface area contributed by atoms with Crippen LogP contribution >= 0.6 is 0 Å². The molecule has 0 atom stereocenters. The van der Waals surface area contributed by atoms with Crippen molar-refractivity contribution in [2.75, 3.05) is 21.3 Å². The van der Waals surface area contributed by atoms with Crippen molar-refractivity contribution in [3.8, 4) is 0 Å². The normalized spacial score (nSPS) is 16.5. The van der Waals surface area contributed by atoms with Crippen molar-refractivity contribution < 1.29 is 13.3 Å². The number of hydrogen-bond donors (Lipinski definition) is 0. The van der Waals surface area contributed by atoms with Crippen molar-refractivity contribution in [3.05, 3.63) is 22.9 Å². The first kappa shape index (κ1) is 12.6. The van der Waals surface area contributed by atoms with Gasteiger partial charge >= 0.3 is 8.80 Å². The second kappa shape index (κ2) is 5.60. The first-order valence-electron chi connectivity index (χ1n) is 5.28. The molecule has 0 radical (unpaired) electrons. The molecule has 0 unspecified atom stereocenters. The van der Waals surface area contributed by atoms with E-state index in [4.69, 9.17) is 13.3 Å². The van der Waals surface area contributed by atoms with Gasteiger partial charge in [-0.05, 0) is 12.8 Å². The van der Waals surface area contributed by atoms with Gasteiger partial charge in [-0.2, -0.15) is 0 Å². The number of allylic oxidation sites excluding steroid dienone is 4. The zero-order valence-electron chi connectivity index (χ0n) is 10.0. The lowest BCUT2D eigenvalue weighted by Crippen LogP contribution is -2.45. The van der Waals surface area contributed by atoms with Gasteiger partial charge in [0.15, 0.2) is 0 Å². The molecular weight excluding hydrogens is 208 g/mol. The van der Waals surface area contributed by atoms with Gasteiger partial charge in [-0.3, -0.25) is 0 Å². The van der Waals surface area contributed by atoms with E-state index in [1.807, 2.05) is 0 Å². The van der Waals surface area contributed by atoms with Crippen molar-refractivity contribution in [3.63, 3.8) is 0 Å². The Morgan fingerprint density at radius 2 is 1.80 bits per heavy atom. The summed E-state index contributed by atoms with van der Waals surface area (Å²) in [5.41, 5.74) is 1.40. The van der Waals surface area contributed by atoms with Gasteiger partial charge in [-0.15, -0.1) is 0 Å². The standard InChI is InChI=1S/C11H20O3Si/c1-5-7-10-8-6-9-11(10)15(12-2,13-3)14-4/h6,9H,5,7-8H2,1-4H3. The van der Waals surface area contributed by atoms with Crippen LogP contribution in [-0.2, 0) is 13.3 Å². The predicted octanol–water partition coefficient (Wildman–Crippen LogP) is 2.46. The number of rotatable bonds is 6. The molecule has 0 saturated heterocycles. The summed E-state index contributed by atoms with van der Waals surface area (Å²) in [5, 5.41) is 1.15. The Balaban J connectivity index is 2.99. The Morgan fingerprint density at radius 1 is 1.20 bits per heavy atom. The molecule has 0 aromatic carbocycles. The summed E-state index contributed by atoms with van der Waals surface area (Å²) in [7, 11) is 2.37. The van der Waals surface area contributed by atoms with E-state index in [1.54, 1.807) is 21.3 Å². The quantitative estimate of drug-likeness (QED) is 0.654. The minimum atomic E-state index is -2.59. The van der Waals surface area contributed by atoms with Crippen molar-refractivity contribution in [2.45, 2.75) is 26.2 Å². The summed E-state index contributed by atoms with van der Waals surface area (Å²) in [6.45, 7) is 2.18. The largest absolute Gasteiger partial charge is 0.536 e. The van der Waals surface area contributed by atoms with E-state index >= 15 is 0 Å². The Hall–Kier alpha value is -0.423.